The van der Waals surface area contributed by atoms with Crippen molar-refractivity contribution in [1.29, 1.82) is 0 Å². The number of rotatable bonds is 6. The Morgan fingerprint density at radius 1 is 1.59 bits per heavy atom. The van der Waals surface area contributed by atoms with E-state index in [0.717, 1.165) is 25.0 Å². The van der Waals surface area contributed by atoms with E-state index in [9.17, 15) is 9.59 Å². The number of hydrogen-bond acceptors (Lipinski definition) is 3. The van der Waals surface area contributed by atoms with Crippen LogP contribution in [-0.2, 0) is 14.3 Å². The van der Waals surface area contributed by atoms with E-state index < -0.39 is 12.1 Å². The van der Waals surface area contributed by atoms with E-state index in [0.29, 0.717) is 6.54 Å². The van der Waals surface area contributed by atoms with Gasteiger partial charge < -0.3 is 14.7 Å². The van der Waals surface area contributed by atoms with Gasteiger partial charge in [-0.25, -0.2) is 4.79 Å². The molecule has 0 unspecified atom stereocenters. The molecule has 1 aliphatic rings. The molecular formula is C12H19NO4. The number of hydrogen-bond donors (Lipinski definition) is 1. The maximum absolute atomic E-state index is 11.9. The van der Waals surface area contributed by atoms with Gasteiger partial charge in [-0.3, -0.25) is 4.79 Å². The van der Waals surface area contributed by atoms with Crippen LogP contribution in [0.15, 0.2) is 11.8 Å². The zero-order valence-electron chi connectivity index (χ0n) is 10.3. The van der Waals surface area contributed by atoms with E-state index in [1.807, 2.05) is 6.92 Å². The summed E-state index contributed by atoms with van der Waals surface area (Å²) in [4.78, 5) is 24.1. The minimum Gasteiger partial charge on any atom is -0.479 e. The molecule has 0 saturated carbocycles. The van der Waals surface area contributed by atoms with Crippen molar-refractivity contribution in [3.8, 4) is 0 Å². The van der Waals surface area contributed by atoms with Crippen molar-refractivity contribution in [2.45, 2.75) is 39.2 Å². The van der Waals surface area contributed by atoms with Crippen LogP contribution < -0.4 is 0 Å². The van der Waals surface area contributed by atoms with Crippen LogP contribution in [0.3, 0.4) is 0 Å². The number of nitrogens with zero attached hydrogens (tertiary/aromatic N) is 1. The lowest BCUT2D eigenvalue weighted by atomic mass is 10.3. The first-order chi connectivity index (χ1) is 8.06. The highest BCUT2D eigenvalue weighted by atomic mass is 16.5. The van der Waals surface area contributed by atoms with Gasteiger partial charge in [-0.2, -0.15) is 0 Å². The fraction of sp³-hybridized carbons (Fsp3) is 0.667. The quantitative estimate of drug-likeness (QED) is 0.763. The molecule has 1 aliphatic carbocycles. The van der Waals surface area contributed by atoms with Crippen molar-refractivity contribution in [3.63, 3.8) is 0 Å². The molecule has 1 amide bonds. The fourth-order valence-corrected chi connectivity index (χ4v) is 1.78. The van der Waals surface area contributed by atoms with E-state index >= 15 is 0 Å². The number of allylic oxidation sites excluding steroid dienone is 2. The van der Waals surface area contributed by atoms with Crippen molar-refractivity contribution in [3.05, 3.63) is 11.8 Å². The Bertz CT molecular complexity index is 324. The third kappa shape index (κ3) is 3.85. The second-order valence-electron chi connectivity index (χ2n) is 4.02. The molecule has 0 bridgehead atoms. The van der Waals surface area contributed by atoms with Crippen LogP contribution in [0, 0.1) is 0 Å². The SMILES string of the molecule is CCN(C(=O)CO[C@@H](C)C(=O)O)C1=CCCC1. The third-order valence-electron chi connectivity index (χ3n) is 2.79. The Hall–Kier alpha value is -1.36. The van der Waals surface area contributed by atoms with Gasteiger partial charge in [0.15, 0.2) is 6.10 Å². The average Bonchev–Trinajstić information content (AvgIpc) is 2.80. The van der Waals surface area contributed by atoms with Crippen LogP contribution in [0.1, 0.15) is 33.1 Å². The van der Waals surface area contributed by atoms with Gasteiger partial charge in [0.25, 0.3) is 5.91 Å². The molecule has 0 radical (unpaired) electrons. The molecule has 0 aromatic heterocycles. The van der Waals surface area contributed by atoms with Gasteiger partial charge in [0, 0.05) is 12.2 Å². The highest BCUT2D eigenvalue weighted by molar-refractivity contribution is 5.80. The summed E-state index contributed by atoms with van der Waals surface area (Å²) >= 11 is 0. The predicted molar refractivity (Wildman–Crippen MR) is 62.4 cm³/mol. The van der Waals surface area contributed by atoms with Gasteiger partial charge in [-0.1, -0.05) is 6.08 Å². The maximum Gasteiger partial charge on any atom is 0.332 e. The summed E-state index contributed by atoms with van der Waals surface area (Å²) in [6.45, 7) is 3.73. The lowest BCUT2D eigenvalue weighted by Crippen LogP contribution is -2.35. The lowest BCUT2D eigenvalue weighted by molar-refractivity contribution is -0.152. The standard InChI is InChI=1S/C12H19NO4/c1-3-13(10-6-4-5-7-10)11(14)8-17-9(2)12(15)16/h6,9H,3-5,7-8H2,1-2H3,(H,15,16)/t9-/m0/s1. The van der Waals surface area contributed by atoms with Gasteiger partial charge in [0.2, 0.25) is 0 Å². The fourth-order valence-electron chi connectivity index (χ4n) is 1.78. The first-order valence-electron chi connectivity index (χ1n) is 5.90. The Balaban J connectivity index is 2.47. The number of likely N-dealkylation sites (N-methyl/N-ethyl adjacent to an activating group) is 1. The van der Waals surface area contributed by atoms with Gasteiger partial charge in [-0.15, -0.1) is 0 Å². The molecule has 1 atom stereocenters. The van der Waals surface area contributed by atoms with Crippen molar-refractivity contribution >= 4 is 11.9 Å². The molecule has 17 heavy (non-hydrogen) atoms. The van der Waals surface area contributed by atoms with E-state index in [4.69, 9.17) is 9.84 Å². The largest absolute Gasteiger partial charge is 0.479 e. The van der Waals surface area contributed by atoms with Crippen molar-refractivity contribution in [2.24, 2.45) is 0 Å². The molecule has 0 saturated heterocycles. The number of carbonyl (C=O) groups excluding carboxylic acids is 1. The van der Waals surface area contributed by atoms with Crippen molar-refractivity contribution < 1.29 is 19.4 Å². The normalized spacial score (nSPS) is 16.5. The third-order valence-corrected chi connectivity index (χ3v) is 2.79. The van der Waals surface area contributed by atoms with Gasteiger partial charge in [0.05, 0.1) is 0 Å². The molecule has 0 aliphatic heterocycles. The van der Waals surface area contributed by atoms with Crippen LogP contribution in [0.2, 0.25) is 0 Å². The van der Waals surface area contributed by atoms with Crippen LogP contribution in [-0.4, -0.2) is 41.1 Å². The van der Waals surface area contributed by atoms with E-state index in [-0.39, 0.29) is 12.5 Å². The summed E-state index contributed by atoms with van der Waals surface area (Å²) in [7, 11) is 0. The molecule has 1 N–H and O–H groups in total. The van der Waals surface area contributed by atoms with E-state index in [1.54, 1.807) is 4.90 Å². The summed E-state index contributed by atoms with van der Waals surface area (Å²) < 4.78 is 4.99. The maximum atomic E-state index is 11.9. The first-order valence-corrected chi connectivity index (χ1v) is 5.90. The summed E-state index contributed by atoms with van der Waals surface area (Å²) in [6, 6.07) is 0. The Labute approximate surface area is 101 Å². The van der Waals surface area contributed by atoms with E-state index in [2.05, 4.69) is 6.08 Å². The molecule has 96 valence electrons. The molecule has 0 spiro atoms. The van der Waals surface area contributed by atoms with Gasteiger partial charge in [-0.05, 0) is 33.1 Å². The highest BCUT2D eigenvalue weighted by Gasteiger charge is 2.20. The van der Waals surface area contributed by atoms with Gasteiger partial charge >= 0.3 is 5.97 Å². The predicted octanol–water partition coefficient (Wildman–Crippen LogP) is 1.39. The van der Waals surface area contributed by atoms with Crippen LogP contribution >= 0.6 is 0 Å². The summed E-state index contributed by atoms with van der Waals surface area (Å²) in [5.41, 5.74) is 1.03. The molecule has 0 fully saturated rings. The number of carboxylic acids is 1. The highest BCUT2D eigenvalue weighted by Crippen LogP contribution is 2.21. The molecule has 0 aromatic carbocycles. The molecule has 5 nitrogen and oxygen atoms in total. The number of ether oxygens (including phenoxy) is 1. The number of aliphatic carboxylic acids is 1. The lowest BCUT2D eigenvalue weighted by Gasteiger charge is -2.22. The zero-order valence-corrected chi connectivity index (χ0v) is 10.3. The number of carboxylic acid groups (broad SMARTS) is 1. The summed E-state index contributed by atoms with van der Waals surface area (Å²) in [6.07, 6.45) is 4.10. The number of carbonyl (C=O) groups is 2. The molecule has 0 heterocycles. The van der Waals surface area contributed by atoms with Crippen molar-refractivity contribution in [2.75, 3.05) is 13.2 Å². The second-order valence-corrected chi connectivity index (χ2v) is 4.02. The molecule has 0 aromatic rings. The van der Waals surface area contributed by atoms with Crippen LogP contribution in [0.25, 0.3) is 0 Å². The average molecular weight is 241 g/mol. The Morgan fingerprint density at radius 3 is 2.76 bits per heavy atom. The van der Waals surface area contributed by atoms with Crippen LogP contribution in [0.4, 0.5) is 0 Å². The first kappa shape index (κ1) is 13.7. The summed E-state index contributed by atoms with van der Waals surface area (Å²) in [5, 5.41) is 8.64. The summed E-state index contributed by atoms with van der Waals surface area (Å²) in [5.74, 6) is -1.23. The molecule has 1 rings (SSSR count). The van der Waals surface area contributed by atoms with Gasteiger partial charge in [0.1, 0.15) is 6.61 Å². The molecule has 5 heteroatoms. The minimum absolute atomic E-state index is 0.172. The zero-order chi connectivity index (χ0) is 12.8. The van der Waals surface area contributed by atoms with Crippen LogP contribution in [0.5, 0.6) is 0 Å². The minimum atomic E-state index is -1.05. The number of amides is 1. The molecular weight excluding hydrogens is 222 g/mol. The Morgan fingerprint density at radius 2 is 2.29 bits per heavy atom. The Kier molecular flexibility index (Phi) is 5.15. The van der Waals surface area contributed by atoms with E-state index in [1.165, 1.54) is 6.92 Å². The second kappa shape index (κ2) is 6.39. The van der Waals surface area contributed by atoms with Crippen molar-refractivity contribution in [1.82, 2.24) is 4.90 Å². The monoisotopic (exact) mass is 241 g/mol. The topological polar surface area (TPSA) is 66.8 Å². The smallest absolute Gasteiger partial charge is 0.332 e.